The molecule has 1 aromatic carbocycles. The van der Waals surface area contributed by atoms with E-state index in [0.29, 0.717) is 25.3 Å². The molecule has 2 N–H and O–H groups in total. The maximum atomic E-state index is 12.2. The molecule has 25 heavy (non-hydrogen) atoms. The second-order valence-electron chi connectivity index (χ2n) is 6.16. The molecular formula is C17H21F3N2O3. The Bertz CT molecular complexity index is 626. The number of anilines is 1. The number of carbonyl (C=O) groups is 2. The summed E-state index contributed by atoms with van der Waals surface area (Å²) in [7, 11) is 0. The molecule has 0 saturated carbocycles. The third-order valence-electron chi connectivity index (χ3n) is 3.95. The number of carbonyl (C=O) groups excluding carboxylic acids is 2. The van der Waals surface area contributed by atoms with Crippen LogP contribution < -0.4 is 10.6 Å². The van der Waals surface area contributed by atoms with Crippen molar-refractivity contribution >= 4 is 17.5 Å². The summed E-state index contributed by atoms with van der Waals surface area (Å²) in [6.45, 7) is 1.61. The molecule has 1 aliphatic heterocycles. The number of rotatable bonds is 5. The van der Waals surface area contributed by atoms with Gasteiger partial charge >= 0.3 is 6.18 Å². The largest absolute Gasteiger partial charge is 0.405 e. The van der Waals surface area contributed by atoms with E-state index in [1.54, 1.807) is 13.0 Å². The highest BCUT2D eigenvalue weighted by molar-refractivity contribution is 5.97. The summed E-state index contributed by atoms with van der Waals surface area (Å²) in [5.41, 5.74) is 1.20. The molecule has 1 heterocycles. The smallest absolute Gasteiger partial charge is 0.381 e. The summed E-state index contributed by atoms with van der Waals surface area (Å²) in [6.07, 6.45) is -2.32. The van der Waals surface area contributed by atoms with Crippen molar-refractivity contribution in [3.63, 3.8) is 0 Å². The second-order valence-corrected chi connectivity index (χ2v) is 6.16. The van der Waals surface area contributed by atoms with Gasteiger partial charge in [-0.2, -0.15) is 13.2 Å². The molecule has 1 unspecified atom stereocenters. The van der Waals surface area contributed by atoms with Gasteiger partial charge in [-0.15, -0.1) is 0 Å². The number of nitrogens with one attached hydrogen (secondary N) is 2. The minimum absolute atomic E-state index is 0.0612. The van der Waals surface area contributed by atoms with Crippen LogP contribution >= 0.6 is 0 Å². The van der Waals surface area contributed by atoms with Crippen LogP contribution in [0.5, 0.6) is 0 Å². The minimum atomic E-state index is -4.47. The number of amides is 2. The van der Waals surface area contributed by atoms with E-state index < -0.39 is 18.6 Å². The first kappa shape index (κ1) is 19.2. The topological polar surface area (TPSA) is 67.4 Å². The lowest BCUT2D eigenvalue weighted by Gasteiger charge is -2.21. The summed E-state index contributed by atoms with van der Waals surface area (Å²) in [5.74, 6) is -0.882. The summed E-state index contributed by atoms with van der Waals surface area (Å²) >= 11 is 0. The number of hydrogen-bond acceptors (Lipinski definition) is 3. The third-order valence-corrected chi connectivity index (χ3v) is 3.95. The van der Waals surface area contributed by atoms with Crippen molar-refractivity contribution in [3.05, 3.63) is 29.3 Å². The number of alkyl halides is 3. The van der Waals surface area contributed by atoms with Crippen LogP contribution in [0.4, 0.5) is 18.9 Å². The Balaban J connectivity index is 1.97. The van der Waals surface area contributed by atoms with E-state index in [-0.39, 0.29) is 17.4 Å². The predicted octanol–water partition coefficient (Wildman–Crippen LogP) is 3.04. The fourth-order valence-corrected chi connectivity index (χ4v) is 2.61. The molecule has 5 nitrogen and oxygen atoms in total. The molecule has 1 fully saturated rings. The number of benzene rings is 1. The fourth-order valence-electron chi connectivity index (χ4n) is 2.61. The summed E-state index contributed by atoms with van der Waals surface area (Å²) in [4.78, 5) is 24.0. The van der Waals surface area contributed by atoms with Gasteiger partial charge in [0.25, 0.3) is 5.91 Å². The quantitative estimate of drug-likeness (QED) is 0.850. The van der Waals surface area contributed by atoms with Crippen LogP contribution in [0.25, 0.3) is 0 Å². The zero-order valence-electron chi connectivity index (χ0n) is 13.9. The van der Waals surface area contributed by atoms with Crippen molar-refractivity contribution in [2.75, 3.05) is 25.1 Å². The van der Waals surface area contributed by atoms with Crippen molar-refractivity contribution in [3.8, 4) is 0 Å². The standard InChI is InChI=1S/C17H21F3N2O3/c1-11-4-5-13(16(24)21-10-17(18,19)20)8-14(11)22-15(23)7-12-3-2-6-25-9-12/h4-5,8,12H,2-3,6-7,9-10H2,1H3,(H,21,24)(H,22,23). The van der Waals surface area contributed by atoms with Crippen LogP contribution in [0.2, 0.25) is 0 Å². The van der Waals surface area contributed by atoms with E-state index in [1.807, 2.05) is 5.32 Å². The fraction of sp³-hybridized carbons (Fsp3) is 0.529. The highest BCUT2D eigenvalue weighted by atomic mass is 19.4. The second kappa shape index (κ2) is 8.33. The first-order valence-corrected chi connectivity index (χ1v) is 8.08. The molecule has 0 bridgehead atoms. The maximum absolute atomic E-state index is 12.2. The zero-order chi connectivity index (χ0) is 18.4. The van der Waals surface area contributed by atoms with Gasteiger partial charge in [-0.25, -0.2) is 0 Å². The minimum Gasteiger partial charge on any atom is -0.381 e. The van der Waals surface area contributed by atoms with Crippen LogP contribution in [0.1, 0.15) is 35.2 Å². The molecule has 1 atom stereocenters. The molecule has 1 saturated heterocycles. The number of halogens is 3. The van der Waals surface area contributed by atoms with Gasteiger partial charge in [0.1, 0.15) is 6.54 Å². The Hall–Kier alpha value is -2.09. The van der Waals surface area contributed by atoms with Crippen molar-refractivity contribution < 1.29 is 27.5 Å². The van der Waals surface area contributed by atoms with Gasteiger partial charge in [0.15, 0.2) is 0 Å². The molecule has 2 rings (SSSR count). The lowest BCUT2D eigenvalue weighted by molar-refractivity contribution is -0.123. The average molecular weight is 358 g/mol. The number of aryl methyl sites for hydroxylation is 1. The Labute approximate surface area is 143 Å². The van der Waals surface area contributed by atoms with E-state index >= 15 is 0 Å². The Morgan fingerprint density at radius 1 is 1.32 bits per heavy atom. The van der Waals surface area contributed by atoms with Crippen LogP contribution in [-0.4, -0.2) is 37.7 Å². The average Bonchev–Trinajstić information content (AvgIpc) is 2.55. The molecule has 0 spiro atoms. The van der Waals surface area contributed by atoms with Gasteiger partial charge in [-0.3, -0.25) is 9.59 Å². The van der Waals surface area contributed by atoms with E-state index in [1.165, 1.54) is 12.1 Å². The molecular weight excluding hydrogens is 337 g/mol. The summed E-state index contributed by atoms with van der Waals surface area (Å²) in [5, 5.41) is 4.54. The van der Waals surface area contributed by atoms with E-state index in [4.69, 9.17) is 4.74 Å². The first-order valence-electron chi connectivity index (χ1n) is 8.08. The lowest BCUT2D eigenvalue weighted by Crippen LogP contribution is -2.33. The van der Waals surface area contributed by atoms with Crippen molar-refractivity contribution in [1.29, 1.82) is 0 Å². The molecule has 1 aromatic rings. The number of ether oxygens (including phenoxy) is 1. The van der Waals surface area contributed by atoms with Crippen LogP contribution in [0, 0.1) is 12.8 Å². The van der Waals surface area contributed by atoms with Crippen LogP contribution in [0.3, 0.4) is 0 Å². The van der Waals surface area contributed by atoms with E-state index in [2.05, 4.69) is 5.32 Å². The van der Waals surface area contributed by atoms with Gasteiger partial charge < -0.3 is 15.4 Å². The Morgan fingerprint density at radius 3 is 2.72 bits per heavy atom. The third kappa shape index (κ3) is 6.38. The Kier molecular flexibility index (Phi) is 6.41. The molecule has 138 valence electrons. The molecule has 2 amide bonds. The normalized spacial score (nSPS) is 17.8. The molecule has 8 heteroatoms. The molecule has 0 radical (unpaired) electrons. The van der Waals surface area contributed by atoms with Gasteiger partial charge in [0.2, 0.25) is 5.91 Å². The Morgan fingerprint density at radius 2 is 2.08 bits per heavy atom. The van der Waals surface area contributed by atoms with Gasteiger partial charge in [-0.1, -0.05) is 6.07 Å². The van der Waals surface area contributed by atoms with Crippen LogP contribution in [-0.2, 0) is 9.53 Å². The van der Waals surface area contributed by atoms with Crippen molar-refractivity contribution in [1.82, 2.24) is 5.32 Å². The van der Waals surface area contributed by atoms with Crippen molar-refractivity contribution in [2.24, 2.45) is 5.92 Å². The van der Waals surface area contributed by atoms with Gasteiger partial charge in [-0.05, 0) is 43.4 Å². The summed E-state index contributed by atoms with van der Waals surface area (Å²) in [6, 6.07) is 4.39. The monoisotopic (exact) mass is 358 g/mol. The SMILES string of the molecule is Cc1ccc(C(=O)NCC(F)(F)F)cc1NC(=O)CC1CCCOC1. The maximum Gasteiger partial charge on any atom is 0.405 e. The predicted molar refractivity (Wildman–Crippen MR) is 86.4 cm³/mol. The lowest BCUT2D eigenvalue weighted by atomic mass is 9.98. The zero-order valence-corrected chi connectivity index (χ0v) is 13.9. The van der Waals surface area contributed by atoms with Gasteiger partial charge in [0.05, 0.1) is 0 Å². The van der Waals surface area contributed by atoms with Crippen molar-refractivity contribution in [2.45, 2.75) is 32.4 Å². The van der Waals surface area contributed by atoms with E-state index in [0.717, 1.165) is 18.4 Å². The highest BCUT2D eigenvalue weighted by Crippen LogP contribution is 2.21. The van der Waals surface area contributed by atoms with E-state index in [9.17, 15) is 22.8 Å². The highest BCUT2D eigenvalue weighted by Gasteiger charge is 2.28. The number of hydrogen-bond donors (Lipinski definition) is 2. The van der Waals surface area contributed by atoms with Crippen LogP contribution in [0.15, 0.2) is 18.2 Å². The molecule has 0 aromatic heterocycles. The summed E-state index contributed by atoms with van der Waals surface area (Å²) < 4.78 is 41.9. The molecule has 0 aliphatic carbocycles. The first-order chi connectivity index (χ1) is 11.7. The van der Waals surface area contributed by atoms with Gasteiger partial charge in [0, 0.05) is 30.9 Å². The molecule has 1 aliphatic rings.